The van der Waals surface area contributed by atoms with E-state index in [1.54, 1.807) is 0 Å². The second-order valence-electron chi connectivity index (χ2n) is 17.5. The summed E-state index contributed by atoms with van der Waals surface area (Å²) in [5, 5.41) is 16.4. The highest BCUT2D eigenvalue weighted by molar-refractivity contribution is 6.19. The number of nitrogens with one attached hydrogen (secondary N) is 1. The predicted octanol–water partition coefficient (Wildman–Crippen LogP) is 15.9. The Balaban J connectivity index is 0.000000460. The maximum atomic E-state index is 7.01. The summed E-state index contributed by atoms with van der Waals surface area (Å²) < 4.78 is 17.8. The third kappa shape index (κ3) is 6.53. The predicted molar refractivity (Wildman–Crippen MR) is 282 cm³/mol. The molecular weight excluding hydrogens is 833 g/mol. The Labute approximate surface area is 390 Å². The lowest BCUT2D eigenvalue weighted by atomic mass is 10.0. The van der Waals surface area contributed by atoms with Crippen molar-refractivity contribution in [2.24, 2.45) is 5.73 Å². The van der Waals surface area contributed by atoms with E-state index in [-0.39, 0.29) is 5.84 Å². The highest BCUT2D eigenvalue weighted by Gasteiger charge is 2.20. The summed E-state index contributed by atoms with van der Waals surface area (Å²) in [5.41, 5.74) is 21.2. The molecule has 0 aliphatic carbocycles. The van der Waals surface area contributed by atoms with Crippen molar-refractivity contribution in [1.82, 2.24) is 9.13 Å². The number of nitrogens with zero attached hydrogens (tertiary/aromatic N) is 2. The third-order valence-corrected chi connectivity index (χ3v) is 13.4. The van der Waals surface area contributed by atoms with E-state index in [9.17, 15) is 0 Å². The lowest BCUT2D eigenvalue weighted by Crippen LogP contribution is -2.10. The Kier molecular flexibility index (Phi) is 9.12. The minimum Gasteiger partial charge on any atom is -0.456 e. The zero-order valence-corrected chi connectivity index (χ0v) is 36.9. The fraction of sp³-hybridized carbons (Fsp3) is 0.0161. The van der Waals surface area contributed by atoms with Crippen molar-refractivity contribution in [3.8, 4) is 22.5 Å². The first-order valence-electron chi connectivity index (χ1n) is 22.9. The molecule has 68 heavy (non-hydrogen) atoms. The lowest BCUT2D eigenvalue weighted by molar-refractivity contribution is 0.669. The maximum absolute atomic E-state index is 7.01. The van der Waals surface area contributed by atoms with Crippen LogP contribution >= 0.6 is 0 Å². The summed E-state index contributed by atoms with van der Waals surface area (Å²) in [5.74, 6) is 0.121. The fourth-order valence-electron chi connectivity index (χ4n) is 10.2. The highest BCUT2D eigenvalue weighted by atomic mass is 16.3. The fourth-order valence-corrected chi connectivity index (χ4v) is 10.2. The van der Waals surface area contributed by atoms with E-state index in [1.165, 1.54) is 38.2 Å². The van der Waals surface area contributed by atoms with Gasteiger partial charge in [0.15, 0.2) is 0 Å². The molecule has 4 aromatic heterocycles. The van der Waals surface area contributed by atoms with E-state index in [0.717, 1.165) is 94.9 Å². The normalized spacial score (nSPS) is 11.7. The highest BCUT2D eigenvalue weighted by Crippen LogP contribution is 2.42. The average molecular weight is 875 g/mol. The van der Waals surface area contributed by atoms with Crippen LogP contribution in [0.3, 0.4) is 0 Å². The van der Waals surface area contributed by atoms with Gasteiger partial charge in [0.25, 0.3) is 0 Å². The van der Waals surface area contributed by atoms with Gasteiger partial charge in [0.1, 0.15) is 28.2 Å². The van der Waals surface area contributed by atoms with Crippen molar-refractivity contribution in [3.63, 3.8) is 0 Å². The molecule has 3 N–H and O–H groups in total. The van der Waals surface area contributed by atoms with Crippen LogP contribution in [0.1, 0.15) is 16.7 Å². The van der Waals surface area contributed by atoms with Crippen molar-refractivity contribution in [2.75, 3.05) is 0 Å². The molecule has 0 aliphatic heterocycles. The summed E-state index contributed by atoms with van der Waals surface area (Å²) in [7, 11) is 0. The molecular formula is C62H42N4O2. The van der Waals surface area contributed by atoms with Gasteiger partial charge in [0.2, 0.25) is 0 Å². The Bertz CT molecular complexity index is 4250. The molecule has 14 aromatic rings. The van der Waals surface area contributed by atoms with Crippen LogP contribution in [0, 0.1) is 5.41 Å². The van der Waals surface area contributed by atoms with Gasteiger partial charge in [-0.1, -0.05) is 146 Å². The van der Waals surface area contributed by atoms with Crippen LogP contribution in [0.2, 0.25) is 0 Å². The van der Waals surface area contributed by atoms with Gasteiger partial charge in [-0.05, 0) is 95.4 Å². The van der Waals surface area contributed by atoms with Crippen molar-refractivity contribution < 1.29 is 8.83 Å². The molecule has 0 aliphatic rings. The molecule has 6 nitrogen and oxygen atoms in total. The van der Waals surface area contributed by atoms with Crippen LogP contribution in [0.4, 0.5) is 0 Å². The number of benzene rings is 10. The Morgan fingerprint density at radius 1 is 0.353 bits per heavy atom. The van der Waals surface area contributed by atoms with E-state index in [4.69, 9.17) is 20.0 Å². The molecule has 0 unspecified atom stereocenters. The molecule has 6 heteroatoms. The Morgan fingerprint density at radius 2 is 0.868 bits per heavy atom. The zero-order chi connectivity index (χ0) is 45.3. The number of rotatable bonds is 6. The number of hydrogen-bond acceptors (Lipinski definition) is 3. The first kappa shape index (κ1) is 39.3. The molecule has 0 spiro atoms. The van der Waals surface area contributed by atoms with Crippen LogP contribution < -0.4 is 5.73 Å². The molecule has 0 bridgehead atoms. The van der Waals surface area contributed by atoms with E-state index in [2.05, 4.69) is 197 Å². The first-order chi connectivity index (χ1) is 33.5. The van der Waals surface area contributed by atoms with Gasteiger partial charge in [0.05, 0.1) is 22.1 Å². The topological polar surface area (TPSA) is 86.0 Å². The SMILES string of the molecule is N=C(N)c1ccccc1.c1ccc(Cc2cccc(-n3c4cc(-c5ccc6oc7cc8c(cc7c6c5)c5ccccc5n8-c5ccccc5)ccc4c4cc5c(cc43)oc3ccccc35)c2)cc1. The van der Waals surface area contributed by atoms with Crippen molar-refractivity contribution in [1.29, 1.82) is 5.41 Å². The number of nitrogens with two attached hydrogens (primary N) is 1. The van der Waals surface area contributed by atoms with Crippen molar-refractivity contribution >= 4 is 93.3 Å². The van der Waals surface area contributed by atoms with Crippen LogP contribution in [0.15, 0.2) is 233 Å². The molecule has 322 valence electrons. The van der Waals surface area contributed by atoms with Crippen LogP contribution in [-0.4, -0.2) is 15.0 Å². The Morgan fingerprint density at radius 3 is 1.59 bits per heavy atom. The molecule has 0 saturated carbocycles. The van der Waals surface area contributed by atoms with E-state index in [0.29, 0.717) is 0 Å². The molecule has 0 amide bonds. The number of amidine groups is 1. The minimum atomic E-state index is 0.121. The second kappa shape index (κ2) is 15.8. The molecule has 0 fully saturated rings. The average Bonchev–Trinajstić information content (AvgIpc) is 4.12. The van der Waals surface area contributed by atoms with Gasteiger partial charge in [-0.25, -0.2) is 0 Å². The largest absolute Gasteiger partial charge is 0.456 e. The summed E-state index contributed by atoms with van der Waals surface area (Å²) in [6.45, 7) is 0. The van der Waals surface area contributed by atoms with Gasteiger partial charge >= 0.3 is 0 Å². The summed E-state index contributed by atoms with van der Waals surface area (Å²) in [6.07, 6.45) is 0.864. The number of fused-ring (bicyclic) bond motifs is 12. The van der Waals surface area contributed by atoms with Gasteiger partial charge in [-0.2, -0.15) is 0 Å². The Hall–Kier alpha value is -9.13. The standard InChI is InChI=1S/C55H34N2O2.C7H8N2/c1-3-12-34(13-4-1)26-35-14-11-17-39(27-35)57-49-29-37(22-24-41(49)44-30-46-42-19-8-10-21-52(42)58-54(46)33-51(44)57)36-23-25-53-45(28-36)47-31-43-40-18-7-9-20-48(40)56(38-15-5-2-6-16-38)50(43)32-55(47)59-53;8-7(9)6-4-2-1-3-5-6/h1-25,27-33H,26H2;1-5H,(H3,8,9). The maximum Gasteiger partial charge on any atom is 0.137 e. The van der Waals surface area contributed by atoms with E-state index < -0.39 is 0 Å². The lowest BCUT2D eigenvalue weighted by Gasteiger charge is -2.11. The molecule has 10 aromatic carbocycles. The number of hydrogen-bond donors (Lipinski definition) is 2. The minimum absolute atomic E-state index is 0.121. The van der Waals surface area contributed by atoms with Crippen LogP contribution in [0.5, 0.6) is 0 Å². The monoisotopic (exact) mass is 874 g/mol. The zero-order valence-electron chi connectivity index (χ0n) is 36.9. The smallest absolute Gasteiger partial charge is 0.137 e. The van der Waals surface area contributed by atoms with E-state index in [1.807, 2.05) is 36.4 Å². The van der Waals surface area contributed by atoms with Crippen molar-refractivity contribution in [3.05, 3.63) is 241 Å². The number of aromatic nitrogens is 2. The summed E-state index contributed by atoms with van der Waals surface area (Å²) in [6, 6.07) is 79.1. The van der Waals surface area contributed by atoms with Crippen LogP contribution in [0.25, 0.3) is 110 Å². The quantitative estimate of drug-likeness (QED) is 0.129. The summed E-state index contributed by atoms with van der Waals surface area (Å²) >= 11 is 0. The first-order valence-corrected chi connectivity index (χ1v) is 22.9. The van der Waals surface area contributed by atoms with E-state index >= 15 is 0 Å². The van der Waals surface area contributed by atoms with Gasteiger partial charge < -0.3 is 23.7 Å². The second-order valence-corrected chi connectivity index (χ2v) is 17.5. The molecule has 14 rings (SSSR count). The van der Waals surface area contributed by atoms with Gasteiger partial charge in [-0.3, -0.25) is 5.41 Å². The third-order valence-electron chi connectivity index (χ3n) is 13.4. The molecule has 4 heterocycles. The van der Waals surface area contributed by atoms with Crippen molar-refractivity contribution in [2.45, 2.75) is 6.42 Å². The molecule has 0 radical (unpaired) electrons. The molecule has 0 atom stereocenters. The molecule has 0 saturated heterocycles. The summed E-state index contributed by atoms with van der Waals surface area (Å²) in [4.78, 5) is 0. The van der Waals surface area contributed by atoms with Gasteiger partial charge in [0, 0.05) is 72.2 Å². The van der Waals surface area contributed by atoms with Crippen LogP contribution in [-0.2, 0) is 6.42 Å². The number of furan rings is 2. The number of para-hydroxylation sites is 3. The van der Waals surface area contributed by atoms with Gasteiger partial charge in [-0.15, -0.1) is 0 Å². The number of nitrogen functional groups attached to an aromatic ring is 1.